The summed E-state index contributed by atoms with van der Waals surface area (Å²) in [6.45, 7) is 5.32. The molecule has 4 heterocycles. The molecule has 0 unspecified atom stereocenters. The highest BCUT2D eigenvalue weighted by atomic mass is 35.5. The number of aryl methyl sites for hydroxylation is 3. The molecule has 5 aromatic rings. The summed E-state index contributed by atoms with van der Waals surface area (Å²) in [5.74, 6) is 1.30. The maximum Gasteiger partial charge on any atom is 0.257 e. The van der Waals surface area contributed by atoms with Crippen molar-refractivity contribution in [2.24, 2.45) is 0 Å². The number of fused-ring (bicyclic) bond motifs is 2. The van der Waals surface area contributed by atoms with Crippen molar-refractivity contribution >= 4 is 43.2 Å². The first-order valence-electron chi connectivity index (χ1n) is 15.4. The van der Waals surface area contributed by atoms with Crippen LogP contribution in [-0.4, -0.2) is 58.8 Å². The number of sulfonamides is 1. The van der Waals surface area contributed by atoms with E-state index in [1.807, 2.05) is 49.6 Å². The molecule has 0 spiro atoms. The standard InChI is InChI=1S/C34H37ClN6O4S2/c1-21-15-28(33-32(38-21)24(20-46-33)18-37-47(4,43)44)27-16-25(35)5-8-31(27)45-14-13-41-22(2)39-30-7-6-26(17-29(30)34(41)42)40(3)19-23-9-11-36-12-10-23/h5,8-12,15-16,20,26,37H,6-7,13-14,17-19H2,1-4H3/t26-/m1/s1. The molecule has 1 atom stereocenters. The summed E-state index contributed by atoms with van der Waals surface area (Å²) in [4.78, 5) is 29.8. The van der Waals surface area contributed by atoms with Crippen LogP contribution in [0, 0.1) is 13.8 Å². The van der Waals surface area contributed by atoms with Crippen LogP contribution in [0.2, 0.25) is 5.02 Å². The Labute approximate surface area is 283 Å². The van der Waals surface area contributed by atoms with Crippen molar-refractivity contribution in [2.75, 3.05) is 19.9 Å². The summed E-state index contributed by atoms with van der Waals surface area (Å²) in [6, 6.07) is 11.7. The minimum absolute atomic E-state index is 0.00488. The Bertz CT molecular complexity index is 2100. The number of nitrogens with zero attached hydrogens (tertiary/aromatic N) is 5. The van der Waals surface area contributed by atoms with Crippen LogP contribution in [0.4, 0.5) is 0 Å². The van der Waals surface area contributed by atoms with Crippen molar-refractivity contribution in [2.45, 2.75) is 58.8 Å². The fourth-order valence-electron chi connectivity index (χ4n) is 6.16. The number of nitrogens with one attached hydrogen (secondary N) is 1. The van der Waals surface area contributed by atoms with Gasteiger partial charge in [0.15, 0.2) is 0 Å². The van der Waals surface area contributed by atoms with Crippen LogP contribution in [0.5, 0.6) is 5.75 Å². The van der Waals surface area contributed by atoms with Gasteiger partial charge in [-0.15, -0.1) is 11.3 Å². The van der Waals surface area contributed by atoms with Gasteiger partial charge in [-0.2, -0.15) is 0 Å². The number of benzene rings is 1. The van der Waals surface area contributed by atoms with Crippen molar-refractivity contribution in [1.82, 2.24) is 29.1 Å². The average Bonchev–Trinajstić information content (AvgIpc) is 3.44. The van der Waals surface area contributed by atoms with Crippen molar-refractivity contribution in [1.29, 1.82) is 0 Å². The van der Waals surface area contributed by atoms with Gasteiger partial charge in [0, 0.05) is 64.5 Å². The molecule has 1 aliphatic rings. The lowest BCUT2D eigenvalue weighted by molar-refractivity contribution is 0.211. The number of hydrogen-bond donors (Lipinski definition) is 1. The summed E-state index contributed by atoms with van der Waals surface area (Å²) in [7, 11) is -1.25. The van der Waals surface area contributed by atoms with Gasteiger partial charge in [0.2, 0.25) is 10.0 Å². The number of hydrogen-bond acceptors (Lipinski definition) is 9. The fourth-order valence-corrected chi connectivity index (χ4v) is 7.79. The van der Waals surface area contributed by atoms with E-state index in [1.54, 1.807) is 23.0 Å². The highest BCUT2D eigenvalue weighted by Crippen LogP contribution is 2.40. The van der Waals surface area contributed by atoms with E-state index in [-0.39, 0.29) is 24.8 Å². The zero-order chi connectivity index (χ0) is 33.3. The summed E-state index contributed by atoms with van der Waals surface area (Å²) < 4.78 is 35.0. The molecular formula is C34H37ClN6O4S2. The molecule has 0 amide bonds. The highest BCUT2D eigenvalue weighted by Gasteiger charge is 2.27. The molecule has 246 valence electrons. The summed E-state index contributed by atoms with van der Waals surface area (Å²) in [5, 5.41) is 2.48. The Morgan fingerprint density at radius 2 is 1.91 bits per heavy atom. The zero-order valence-corrected chi connectivity index (χ0v) is 29.2. The molecule has 0 saturated carbocycles. The molecule has 1 aromatic carbocycles. The van der Waals surface area contributed by atoms with E-state index in [0.29, 0.717) is 29.6 Å². The molecule has 6 rings (SSSR count). The minimum Gasteiger partial charge on any atom is -0.491 e. The lowest BCUT2D eigenvalue weighted by Crippen LogP contribution is -2.41. The van der Waals surface area contributed by atoms with E-state index in [4.69, 9.17) is 26.3 Å². The van der Waals surface area contributed by atoms with Crippen LogP contribution in [0.25, 0.3) is 21.3 Å². The molecule has 0 bridgehead atoms. The Morgan fingerprint density at radius 1 is 1.13 bits per heavy atom. The molecule has 4 aromatic heterocycles. The molecule has 47 heavy (non-hydrogen) atoms. The Hall–Kier alpha value is -3.68. The number of likely N-dealkylation sites (N-methyl/N-ethyl adjacent to an activating group) is 1. The SMILES string of the molecule is Cc1cc(-c2cc(Cl)ccc2OCCn2c(C)nc3c(c2=O)C[C@H](N(C)Cc2ccncc2)CC3)c2scc(CNS(C)(=O)=O)c2n1. The number of halogens is 1. The predicted octanol–water partition coefficient (Wildman–Crippen LogP) is 5.30. The molecular weight excluding hydrogens is 656 g/mol. The molecule has 0 aliphatic heterocycles. The summed E-state index contributed by atoms with van der Waals surface area (Å²) >= 11 is 7.97. The Kier molecular flexibility index (Phi) is 9.77. The Balaban J connectivity index is 1.22. The normalized spacial score (nSPS) is 14.9. The molecule has 1 N–H and O–H groups in total. The first kappa shape index (κ1) is 33.2. The quantitative estimate of drug-likeness (QED) is 0.198. The average molecular weight is 693 g/mol. The molecule has 13 heteroatoms. The summed E-state index contributed by atoms with van der Waals surface area (Å²) in [5.41, 5.74) is 6.88. The smallest absolute Gasteiger partial charge is 0.257 e. The van der Waals surface area contributed by atoms with E-state index < -0.39 is 10.0 Å². The second kappa shape index (κ2) is 13.8. The van der Waals surface area contributed by atoms with Crippen LogP contribution >= 0.6 is 22.9 Å². The van der Waals surface area contributed by atoms with E-state index in [2.05, 4.69) is 21.7 Å². The topological polar surface area (TPSA) is 119 Å². The lowest BCUT2D eigenvalue weighted by atomic mass is 9.91. The highest BCUT2D eigenvalue weighted by molar-refractivity contribution is 7.88. The summed E-state index contributed by atoms with van der Waals surface area (Å²) in [6.07, 6.45) is 7.13. The first-order chi connectivity index (χ1) is 22.5. The van der Waals surface area contributed by atoms with Gasteiger partial charge in [-0.25, -0.2) is 18.1 Å². The second-order valence-electron chi connectivity index (χ2n) is 12.0. The van der Waals surface area contributed by atoms with E-state index in [0.717, 1.165) is 69.5 Å². The number of thiophene rings is 1. The van der Waals surface area contributed by atoms with Gasteiger partial charge in [0.25, 0.3) is 5.56 Å². The molecule has 0 radical (unpaired) electrons. The van der Waals surface area contributed by atoms with Gasteiger partial charge >= 0.3 is 0 Å². The van der Waals surface area contributed by atoms with Crippen molar-refractivity contribution in [3.05, 3.63) is 103 Å². The largest absolute Gasteiger partial charge is 0.491 e. The molecule has 10 nitrogen and oxygen atoms in total. The van der Waals surface area contributed by atoms with Crippen molar-refractivity contribution in [3.8, 4) is 16.9 Å². The first-order valence-corrected chi connectivity index (χ1v) is 18.5. The van der Waals surface area contributed by atoms with Gasteiger partial charge in [-0.1, -0.05) is 11.6 Å². The van der Waals surface area contributed by atoms with E-state index in [1.165, 1.54) is 16.9 Å². The van der Waals surface area contributed by atoms with Gasteiger partial charge in [-0.05, 0) is 87.5 Å². The van der Waals surface area contributed by atoms with Crippen LogP contribution in [-0.2, 0) is 42.5 Å². The third-order valence-electron chi connectivity index (χ3n) is 8.55. The molecule has 1 aliphatic carbocycles. The molecule has 0 fully saturated rings. The van der Waals surface area contributed by atoms with Crippen LogP contribution in [0.1, 0.15) is 40.3 Å². The Morgan fingerprint density at radius 3 is 2.68 bits per heavy atom. The number of pyridine rings is 2. The van der Waals surface area contributed by atoms with Crippen LogP contribution in [0.15, 0.2) is 59.0 Å². The predicted molar refractivity (Wildman–Crippen MR) is 187 cm³/mol. The lowest BCUT2D eigenvalue weighted by Gasteiger charge is -2.32. The van der Waals surface area contributed by atoms with Crippen LogP contribution in [0.3, 0.4) is 0 Å². The van der Waals surface area contributed by atoms with E-state index >= 15 is 0 Å². The number of aromatic nitrogens is 4. The number of rotatable bonds is 11. The maximum atomic E-state index is 13.8. The third-order valence-corrected chi connectivity index (χ3v) is 10.5. The van der Waals surface area contributed by atoms with Gasteiger partial charge in [0.05, 0.1) is 28.7 Å². The fraction of sp³-hybridized carbons (Fsp3) is 0.353. The molecule has 0 saturated heterocycles. The van der Waals surface area contributed by atoms with E-state index in [9.17, 15) is 13.2 Å². The zero-order valence-electron chi connectivity index (χ0n) is 26.8. The monoisotopic (exact) mass is 692 g/mol. The van der Waals surface area contributed by atoms with Crippen LogP contribution < -0.4 is 15.0 Å². The van der Waals surface area contributed by atoms with Crippen molar-refractivity contribution < 1.29 is 13.2 Å². The van der Waals surface area contributed by atoms with Gasteiger partial charge in [0.1, 0.15) is 18.2 Å². The van der Waals surface area contributed by atoms with Crippen molar-refractivity contribution in [3.63, 3.8) is 0 Å². The van der Waals surface area contributed by atoms with Gasteiger partial charge < -0.3 is 4.74 Å². The third kappa shape index (κ3) is 7.57. The second-order valence-corrected chi connectivity index (χ2v) is 15.2. The minimum atomic E-state index is -3.36. The maximum absolute atomic E-state index is 13.8. The number of ether oxygens (including phenoxy) is 1. The van der Waals surface area contributed by atoms with Gasteiger partial charge in [-0.3, -0.25) is 24.2 Å².